The monoisotopic (exact) mass is 1360 g/mol. The van der Waals surface area contributed by atoms with Crippen LogP contribution < -0.4 is 4.89 Å². The fourth-order valence-electron chi connectivity index (χ4n) is 12.1. The topological polar surface area (TPSA) is 111 Å². The molecule has 0 saturated heterocycles. The maximum Gasteiger partial charge on any atom is 0.306 e. The number of allylic oxidation sites excluding steroid dienone is 14. The molecule has 0 spiro atoms. The first-order chi connectivity index (χ1) is 47.0. The molecule has 0 N–H and O–H groups in total. The van der Waals surface area contributed by atoms with Crippen molar-refractivity contribution in [3.05, 3.63) is 85.1 Å². The highest BCUT2D eigenvalue weighted by Gasteiger charge is 2.22. The van der Waals surface area contributed by atoms with E-state index in [0.29, 0.717) is 17.4 Å². The molecule has 0 aliphatic rings. The first-order valence-electron chi connectivity index (χ1n) is 41.3. The van der Waals surface area contributed by atoms with E-state index in [1.807, 2.05) is 21.1 Å². The highest BCUT2D eigenvalue weighted by Crippen LogP contribution is 2.38. The molecule has 560 valence electrons. The molecule has 0 rings (SSSR count). The summed E-state index contributed by atoms with van der Waals surface area (Å²) in [6.07, 6.45) is 106. The number of hydrogen-bond donors (Lipinski definition) is 0. The standard InChI is InChI=1S/C86H158NO8P/c1-6-8-10-12-14-16-18-20-22-24-26-28-30-32-34-36-38-39-40-41-42-43-44-45-46-47-49-50-52-54-56-58-60-62-64-66-68-70-72-74-76-78-85(88)92-82-84(83-94-96(90,91)93-81-80-87(3,4)5)95-86(89)79-77-75-73-71-69-67-65-63-61-59-57-55-53-51-48-37-35-33-31-29-27-25-23-21-19-17-15-13-11-9-7-2/h9,11,15,17-18,20-21,23-24,26-27,29,33,35,84H,6-8,10,12-14,16,19,22,25,28,30-32,34,36-83H2,1-5H3/b11-9-,17-15-,20-18-,23-21-,26-24-,29-27-,35-33-. The van der Waals surface area contributed by atoms with Crippen LogP contribution in [0.25, 0.3) is 0 Å². The second-order valence-corrected chi connectivity index (χ2v) is 30.5. The number of phosphoric acid groups is 1. The normalized spacial score (nSPS) is 13.4. The Morgan fingerprint density at radius 3 is 0.885 bits per heavy atom. The summed E-state index contributed by atoms with van der Waals surface area (Å²) in [4.78, 5) is 38.2. The molecule has 0 aromatic heterocycles. The van der Waals surface area contributed by atoms with Gasteiger partial charge in [0.15, 0.2) is 6.10 Å². The Morgan fingerprint density at radius 2 is 0.594 bits per heavy atom. The third kappa shape index (κ3) is 80.2. The largest absolute Gasteiger partial charge is 0.756 e. The van der Waals surface area contributed by atoms with Gasteiger partial charge in [0.2, 0.25) is 0 Å². The van der Waals surface area contributed by atoms with Gasteiger partial charge >= 0.3 is 11.9 Å². The Morgan fingerprint density at radius 1 is 0.333 bits per heavy atom. The summed E-state index contributed by atoms with van der Waals surface area (Å²) >= 11 is 0. The van der Waals surface area contributed by atoms with Gasteiger partial charge in [-0.1, -0.05) is 381 Å². The van der Waals surface area contributed by atoms with Crippen molar-refractivity contribution < 1.29 is 42.1 Å². The van der Waals surface area contributed by atoms with E-state index in [1.165, 1.54) is 289 Å². The van der Waals surface area contributed by atoms with Crippen LogP contribution in [0.2, 0.25) is 0 Å². The van der Waals surface area contributed by atoms with Crippen molar-refractivity contribution in [1.29, 1.82) is 0 Å². The quantitative estimate of drug-likeness (QED) is 0.0195. The molecule has 2 unspecified atom stereocenters. The van der Waals surface area contributed by atoms with Crippen LogP contribution in [0.4, 0.5) is 0 Å². The fraction of sp³-hybridized carbons (Fsp3) is 0.814. The van der Waals surface area contributed by atoms with E-state index in [0.717, 1.165) is 77.0 Å². The Kier molecular flexibility index (Phi) is 74.1. The zero-order valence-corrected chi connectivity index (χ0v) is 65.0. The summed E-state index contributed by atoms with van der Waals surface area (Å²) in [6, 6.07) is 0. The van der Waals surface area contributed by atoms with Gasteiger partial charge in [0, 0.05) is 12.8 Å². The summed E-state index contributed by atoms with van der Waals surface area (Å²) in [5.74, 6) is -0.816. The number of quaternary nitrogens is 1. The van der Waals surface area contributed by atoms with Crippen molar-refractivity contribution in [3.63, 3.8) is 0 Å². The number of unbranched alkanes of at least 4 members (excludes halogenated alkanes) is 49. The number of hydrogen-bond acceptors (Lipinski definition) is 8. The molecule has 0 aliphatic heterocycles. The number of likely N-dealkylation sites (N-methyl/N-ethyl adjacent to an activating group) is 1. The second kappa shape index (κ2) is 76.4. The first-order valence-corrected chi connectivity index (χ1v) is 42.8. The van der Waals surface area contributed by atoms with E-state index in [2.05, 4.69) is 98.9 Å². The SMILES string of the molecule is CC/C=C\C/C=C\C/C=C\C/C=C\C/C=C\CCCCCCCCCCCCCCCCCC(=O)OC(COC(=O)CCCCCCCCCCCCCCCCCCCCCCCCCCCCCCC/C=C\C/C=C\CCCCCCC)COP(=O)([O-])OCC[N+](C)(C)C. The van der Waals surface area contributed by atoms with Gasteiger partial charge in [0.1, 0.15) is 19.8 Å². The Labute approximate surface area is 596 Å². The van der Waals surface area contributed by atoms with Gasteiger partial charge in [-0.05, 0) is 89.9 Å². The van der Waals surface area contributed by atoms with E-state index in [4.69, 9.17) is 18.5 Å². The third-order valence-corrected chi connectivity index (χ3v) is 19.4. The zero-order valence-electron chi connectivity index (χ0n) is 64.1. The number of carbonyl (C=O) groups is 2. The van der Waals surface area contributed by atoms with Crippen LogP contribution in [0.1, 0.15) is 399 Å². The average Bonchev–Trinajstić information content (AvgIpc) is 1.97. The molecule has 0 radical (unpaired) electrons. The molecule has 0 aliphatic carbocycles. The minimum atomic E-state index is -4.65. The van der Waals surface area contributed by atoms with Gasteiger partial charge in [-0.2, -0.15) is 0 Å². The lowest BCUT2D eigenvalue weighted by atomic mass is 10.0. The van der Waals surface area contributed by atoms with Crippen LogP contribution in [-0.2, 0) is 32.7 Å². The molecule has 0 bridgehead atoms. The van der Waals surface area contributed by atoms with E-state index >= 15 is 0 Å². The van der Waals surface area contributed by atoms with Gasteiger partial charge in [0.25, 0.3) is 7.82 Å². The predicted molar refractivity (Wildman–Crippen MR) is 416 cm³/mol. The molecule has 0 aromatic rings. The van der Waals surface area contributed by atoms with Crippen LogP contribution >= 0.6 is 7.82 Å². The minimum absolute atomic E-state index is 0.0306. The van der Waals surface area contributed by atoms with E-state index in [9.17, 15) is 19.0 Å². The molecule has 0 saturated carbocycles. The first kappa shape index (κ1) is 93.2. The van der Waals surface area contributed by atoms with Crippen molar-refractivity contribution in [2.24, 2.45) is 0 Å². The van der Waals surface area contributed by atoms with Crippen molar-refractivity contribution >= 4 is 19.8 Å². The number of esters is 2. The number of phosphoric ester groups is 1. The molecule has 0 aromatic carbocycles. The molecule has 0 amide bonds. The average molecular weight is 1370 g/mol. The molecule has 9 nitrogen and oxygen atoms in total. The molecule has 0 fully saturated rings. The van der Waals surface area contributed by atoms with Gasteiger partial charge in [-0.15, -0.1) is 0 Å². The minimum Gasteiger partial charge on any atom is -0.756 e. The third-order valence-electron chi connectivity index (χ3n) is 18.4. The molecular weight excluding hydrogens is 1210 g/mol. The second-order valence-electron chi connectivity index (χ2n) is 29.1. The Hall–Kier alpha value is -2.81. The molecule has 0 heterocycles. The molecule has 96 heavy (non-hydrogen) atoms. The summed E-state index contributed by atoms with van der Waals surface area (Å²) in [7, 11) is 1.18. The summed E-state index contributed by atoms with van der Waals surface area (Å²) in [6.45, 7) is 4.17. The predicted octanol–water partition coefficient (Wildman–Crippen LogP) is 27.0. The van der Waals surface area contributed by atoms with Gasteiger partial charge in [-0.25, -0.2) is 0 Å². The summed E-state index contributed by atoms with van der Waals surface area (Å²) in [5.41, 5.74) is 0. The van der Waals surface area contributed by atoms with Gasteiger partial charge in [0.05, 0.1) is 27.7 Å². The van der Waals surface area contributed by atoms with Crippen molar-refractivity contribution in [2.75, 3.05) is 47.5 Å². The van der Waals surface area contributed by atoms with Crippen molar-refractivity contribution in [3.8, 4) is 0 Å². The van der Waals surface area contributed by atoms with Crippen LogP contribution in [0, 0.1) is 0 Å². The van der Waals surface area contributed by atoms with Crippen LogP contribution in [0.3, 0.4) is 0 Å². The van der Waals surface area contributed by atoms with Gasteiger partial charge in [-0.3, -0.25) is 14.2 Å². The van der Waals surface area contributed by atoms with Gasteiger partial charge < -0.3 is 27.9 Å². The Balaban J connectivity index is 3.89. The van der Waals surface area contributed by atoms with E-state index in [1.54, 1.807) is 0 Å². The molecular formula is C86H158NO8P. The fourth-order valence-corrected chi connectivity index (χ4v) is 12.9. The lowest BCUT2D eigenvalue weighted by molar-refractivity contribution is -0.870. The van der Waals surface area contributed by atoms with E-state index < -0.39 is 26.5 Å². The number of rotatable bonds is 77. The number of ether oxygens (including phenoxy) is 2. The maximum atomic E-state index is 12.9. The number of carbonyl (C=O) groups excluding carboxylic acids is 2. The molecule has 2 atom stereocenters. The van der Waals surface area contributed by atoms with Crippen molar-refractivity contribution in [2.45, 2.75) is 405 Å². The Bertz CT molecular complexity index is 1900. The summed E-state index contributed by atoms with van der Waals surface area (Å²) in [5, 5.41) is 0. The van der Waals surface area contributed by atoms with E-state index in [-0.39, 0.29) is 32.0 Å². The van der Waals surface area contributed by atoms with Crippen LogP contribution in [-0.4, -0.2) is 70.0 Å². The zero-order chi connectivity index (χ0) is 69.7. The highest BCUT2D eigenvalue weighted by atomic mass is 31.2. The number of nitrogens with zero attached hydrogens (tertiary/aromatic N) is 1. The lowest BCUT2D eigenvalue weighted by Gasteiger charge is -2.28. The lowest BCUT2D eigenvalue weighted by Crippen LogP contribution is -2.37. The van der Waals surface area contributed by atoms with Crippen LogP contribution in [0.5, 0.6) is 0 Å². The highest BCUT2D eigenvalue weighted by molar-refractivity contribution is 7.45. The smallest absolute Gasteiger partial charge is 0.306 e. The summed E-state index contributed by atoms with van der Waals surface area (Å²) < 4.78 is 34.4. The maximum absolute atomic E-state index is 12.9. The van der Waals surface area contributed by atoms with Crippen molar-refractivity contribution in [1.82, 2.24) is 0 Å². The molecule has 10 heteroatoms. The van der Waals surface area contributed by atoms with Crippen LogP contribution in [0.15, 0.2) is 85.1 Å².